The van der Waals surface area contributed by atoms with Crippen LogP contribution < -0.4 is 5.73 Å². The molecule has 64 valence electrons. The van der Waals surface area contributed by atoms with Gasteiger partial charge in [0.15, 0.2) is 5.95 Å². The van der Waals surface area contributed by atoms with Gasteiger partial charge < -0.3 is 10.3 Å². The molecule has 3 nitrogen and oxygen atoms in total. The second-order valence-electron chi connectivity index (χ2n) is 2.83. The number of nitrogen functional groups attached to an aromatic ring is 1. The van der Waals surface area contributed by atoms with Crippen molar-refractivity contribution in [3.05, 3.63) is 12.4 Å². The Morgan fingerprint density at radius 3 is 2.64 bits per heavy atom. The van der Waals surface area contributed by atoms with E-state index >= 15 is 0 Å². The van der Waals surface area contributed by atoms with Gasteiger partial charge in [-0.3, -0.25) is 0 Å². The Morgan fingerprint density at radius 1 is 1.64 bits per heavy atom. The van der Waals surface area contributed by atoms with Crippen molar-refractivity contribution in [1.82, 2.24) is 9.55 Å². The molecule has 11 heavy (non-hydrogen) atoms. The number of aromatic nitrogens is 2. The maximum Gasteiger partial charge on any atom is 0.200 e. The lowest BCUT2D eigenvalue weighted by molar-refractivity contribution is 0.528. The van der Waals surface area contributed by atoms with E-state index < -0.39 is 0 Å². The summed E-state index contributed by atoms with van der Waals surface area (Å²) in [4.78, 5) is 3.91. The molecule has 0 spiro atoms. The predicted molar refractivity (Wildman–Crippen MR) is 48.7 cm³/mol. The molecule has 1 rings (SSSR count). The molecule has 0 radical (unpaired) electrons. The number of anilines is 1. The Labute approximate surface area is 73.0 Å². The van der Waals surface area contributed by atoms with Gasteiger partial charge in [-0.15, -0.1) is 12.4 Å². The largest absolute Gasteiger partial charge is 0.369 e. The fourth-order valence-corrected chi connectivity index (χ4v) is 0.888. The highest BCUT2D eigenvalue weighted by molar-refractivity contribution is 5.85. The van der Waals surface area contributed by atoms with Crippen molar-refractivity contribution in [2.45, 2.75) is 20.4 Å². The third kappa shape index (κ3) is 2.80. The van der Waals surface area contributed by atoms with Gasteiger partial charge in [-0.25, -0.2) is 4.98 Å². The number of rotatable bonds is 2. The highest BCUT2D eigenvalue weighted by Gasteiger charge is 1.98. The maximum atomic E-state index is 5.54. The first-order valence-electron chi connectivity index (χ1n) is 3.46. The summed E-state index contributed by atoms with van der Waals surface area (Å²) in [6, 6.07) is 0. The minimum Gasteiger partial charge on any atom is -0.369 e. The molecular weight excluding hydrogens is 162 g/mol. The van der Waals surface area contributed by atoms with Gasteiger partial charge in [-0.1, -0.05) is 13.8 Å². The Balaban J connectivity index is 0.000001000. The molecule has 0 aliphatic carbocycles. The lowest BCUT2D eigenvalue weighted by Crippen LogP contribution is -2.06. The summed E-state index contributed by atoms with van der Waals surface area (Å²) in [5.74, 6) is 1.23. The maximum absolute atomic E-state index is 5.54. The number of nitrogens with zero attached hydrogens (tertiary/aromatic N) is 2. The standard InChI is InChI=1S/C7H13N3.ClH/c1-6(2)5-10-4-3-9-7(10)8;/h3-4,6H,5H2,1-2H3,(H2,8,9);1H. The summed E-state index contributed by atoms with van der Waals surface area (Å²) in [6.07, 6.45) is 3.62. The van der Waals surface area contributed by atoms with Crippen LogP contribution in [0.5, 0.6) is 0 Å². The van der Waals surface area contributed by atoms with Gasteiger partial charge in [0.2, 0.25) is 0 Å². The monoisotopic (exact) mass is 175 g/mol. The summed E-state index contributed by atoms with van der Waals surface area (Å²) >= 11 is 0. The molecule has 0 aliphatic rings. The molecule has 0 unspecified atom stereocenters. The molecule has 1 aromatic rings. The molecule has 0 bridgehead atoms. The van der Waals surface area contributed by atoms with E-state index in [9.17, 15) is 0 Å². The molecule has 1 heterocycles. The van der Waals surface area contributed by atoms with Crippen molar-refractivity contribution in [3.63, 3.8) is 0 Å². The zero-order valence-corrected chi connectivity index (χ0v) is 7.64. The first-order chi connectivity index (χ1) is 4.70. The normalized spacial score (nSPS) is 9.73. The third-order valence-electron chi connectivity index (χ3n) is 1.31. The van der Waals surface area contributed by atoms with Crippen LogP contribution in [0, 0.1) is 5.92 Å². The van der Waals surface area contributed by atoms with E-state index in [1.165, 1.54) is 0 Å². The summed E-state index contributed by atoms with van der Waals surface area (Å²) < 4.78 is 1.95. The third-order valence-corrected chi connectivity index (χ3v) is 1.31. The van der Waals surface area contributed by atoms with E-state index in [1.54, 1.807) is 6.20 Å². The molecule has 0 amide bonds. The Kier molecular flexibility index (Phi) is 3.97. The Morgan fingerprint density at radius 2 is 2.27 bits per heavy atom. The lowest BCUT2D eigenvalue weighted by atomic mass is 10.2. The number of nitrogens with two attached hydrogens (primary N) is 1. The zero-order chi connectivity index (χ0) is 7.56. The first kappa shape index (κ1) is 10.3. The van der Waals surface area contributed by atoms with Gasteiger partial charge in [-0.05, 0) is 5.92 Å². The van der Waals surface area contributed by atoms with Gasteiger partial charge in [-0.2, -0.15) is 0 Å². The molecule has 4 heteroatoms. The average molecular weight is 176 g/mol. The molecule has 0 atom stereocenters. The van der Waals surface area contributed by atoms with Crippen LogP contribution in [0.3, 0.4) is 0 Å². The molecule has 0 aromatic carbocycles. The summed E-state index contributed by atoms with van der Waals surface area (Å²) in [7, 11) is 0. The average Bonchev–Trinajstić information content (AvgIpc) is 2.15. The number of hydrogen-bond donors (Lipinski definition) is 1. The Bertz CT molecular complexity index is 207. The second-order valence-corrected chi connectivity index (χ2v) is 2.83. The van der Waals surface area contributed by atoms with Crippen LogP contribution in [-0.4, -0.2) is 9.55 Å². The van der Waals surface area contributed by atoms with E-state index in [2.05, 4.69) is 18.8 Å². The van der Waals surface area contributed by atoms with Crippen molar-refractivity contribution in [3.8, 4) is 0 Å². The van der Waals surface area contributed by atoms with Crippen LogP contribution in [-0.2, 0) is 6.54 Å². The highest BCUT2D eigenvalue weighted by Crippen LogP contribution is 2.03. The van der Waals surface area contributed by atoms with E-state index in [1.807, 2.05) is 10.8 Å². The van der Waals surface area contributed by atoms with Crippen molar-refractivity contribution in [2.75, 3.05) is 5.73 Å². The smallest absolute Gasteiger partial charge is 0.200 e. The molecule has 0 saturated carbocycles. The summed E-state index contributed by atoms with van der Waals surface area (Å²) in [5, 5.41) is 0. The van der Waals surface area contributed by atoms with Crippen molar-refractivity contribution < 1.29 is 0 Å². The Hall–Kier alpha value is -0.700. The predicted octanol–water partition coefficient (Wildman–Crippen LogP) is 1.54. The van der Waals surface area contributed by atoms with Crippen LogP contribution in [0.25, 0.3) is 0 Å². The minimum absolute atomic E-state index is 0. The van der Waals surface area contributed by atoms with E-state index in [-0.39, 0.29) is 12.4 Å². The second kappa shape index (κ2) is 4.23. The highest BCUT2D eigenvalue weighted by atomic mass is 35.5. The van der Waals surface area contributed by atoms with Crippen LogP contribution in [0.1, 0.15) is 13.8 Å². The fourth-order valence-electron chi connectivity index (χ4n) is 0.888. The van der Waals surface area contributed by atoms with Gasteiger partial charge in [0.25, 0.3) is 0 Å². The number of imidazole rings is 1. The first-order valence-corrected chi connectivity index (χ1v) is 3.46. The molecule has 0 aliphatic heterocycles. The lowest BCUT2D eigenvalue weighted by Gasteiger charge is -2.06. The van der Waals surface area contributed by atoms with Gasteiger partial charge in [0.1, 0.15) is 0 Å². The fraction of sp³-hybridized carbons (Fsp3) is 0.571. The molecule has 1 aromatic heterocycles. The van der Waals surface area contributed by atoms with E-state index in [0.29, 0.717) is 11.9 Å². The van der Waals surface area contributed by atoms with Crippen LogP contribution in [0.2, 0.25) is 0 Å². The van der Waals surface area contributed by atoms with Crippen molar-refractivity contribution >= 4 is 18.4 Å². The number of halogens is 1. The topological polar surface area (TPSA) is 43.8 Å². The van der Waals surface area contributed by atoms with Crippen LogP contribution in [0.15, 0.2) is 12.4 Å². The minimum atomic E-state index is 0. The van der Waals surface area contributed by atoms with Crippen molar-refractivity contribution in [2.24, 2.45) is 5.92 Å². The van der Waals surface area contributed by atoms with Crippen molar-refractivity contribution in [1.29, 1.82) is 0 Å². The van der Waals surface area contributed by atoms with E-state index in [4.69, 9.17) is 5.73 Å². The SMILES string of the molecule is CC(C)Cn1ccnc1N.Cl. The van der Waals surface area contributed by atoms with Gasteiger partial charge in [0.05, 0.1) is 0 Å². The van der Waals surface area contributed by atoms with E-state index in [0.717, 1.165) is 6.54 Å². The molecular formula is C7H14ClN3. The molecule has 0 saturated heterocycles. The molecule has 2 N–H and O–H groups in total. The van der Waals surface area contributed by atoms with Gasteiger partial charge in [0, 0.05) is 18.9 Å². The quantitative estimate of drug-likeness (QED) is 0.741. The molecule has 0 fully saturated rings. The summed E-state index contributed by atoms with van der Waals surface area (Å²) in [5.41, 5.74) is 5.54. The van der Waals surface area contributed by atoms with Gasteiger partial charge >= 0.3 is 0 Å². The number of hydrogen-bond acceptors (Lipinski definition) is 2. The summed E-state index contributed by atoms with van der Waals surface area (Å²) in [6.45, 7) is 5.25. The van der Waals surface area contributed by atoms with Crippen LogP contribution in [0.4, 0.5) is 5.95 Å². The van der Waals surface area contributed by atoms with Crippen LogP contribution >= 0.6 is 12.4 Å². The zero-order valence-electron chi connectivity index (χ0n) is 6.82.